The molecule has 0 saturated carbocycles. The number of pyridine rings is 1. The van der Waals surface area contributed by atoms with Gasteiger partial charge in [0.05, 0.1) is 12.1 Å². The van der Waals surface area contributed by atoms with Gasteiger partial charge in [-0.3, -0.25) is 4.79 Å². The highest BCUT2D eigenvalue weighted by atomic mass is 32.2. The van der Waals surface area contributed by atoms with E-state index in [4.69, 9.17) is 9.47 Å². The Morgan fingerprint density at radius 1 is 1.30 bits per heavy atom. The number of nitrogens with zero attached hydrogens (tertiary/aromatic N) is 1. The number of hydrogen-bond acceptors (Lipinski definition) is 5. The number of carbonyl (C=O) groups is 1. The molecule has 0 bridgehead atoms. The van der Waals surface area contributed by atoms with Crippen molar-refractivity contribution in [2.75, 3.05) is 33.1 Å². The predicted octanol–water partition coefficient (Wildman–Crippen LogP) is 3.60. The van der Waals surface area contributed by atoms with Crippen LogP contribution >= 0.6 is 11.8 Å². The first kappa shape index (κ1) is 19.7. The molecule has 2 aromatic rings. The van der Waals surface area contributed by atoms with Gasteiger partial charge in [0, 0.05) is 42.5 Å². The van der Waals surface area contributed by atoms with E-state index < -0.39 is 0 Å². The Hall–Kier alpha value is -2.05. The van der Waals surface area contributed by atoms with Gasteiger partial charge in [-0.15, -0.1) is 11.8 Å². The van der Waals surface area contributed by atoms with Gasteiger partial charge in [0.25, 0.3) is 5.91 Å². The lowest BCUT2D eigenvalue weighted by Gasteiger charge is -2.38. The maximum atomic E-state index is 12.7. The third-order valence-electron chi connectivity index (χ3n) is 5.17. The molecule has 1 fully saturated rings. The van der Waals surface area contributed by atoms with Crippen LogP contribution in [0.15, 0.2) is 41.6 Å². The SMILES string of the molecule is COc1ccc(C)cc1C1(CNC(=O)c2ccnc(SC)c2)CCOCC1. The minimum atomic E-state index is -0.194. The van der Waals surface area contributed by atoms with Gasteiger partial charge in [0.15, 0.2) is 0 Å². The molecule has 1 aliphatic heterocycles. The van der Waals surface area contributed by atoms with Crippen molar-refractivity contribution >= 4 is 17.7 Å². The molecule has 0 aliphatic carbocycles. The van der Waals surface area contributed by atoms with E-state index in [1.54, 1.807) is 19.4 Å². The Kier molecular flexibility index (Phi) is 6.39. The second-order valence-electron chi connectivity index (χ2n) is 6.87. The van der Waals surface area contributed by atoms with Crippen molar-refractivity contribution in [3.05, 3.63) is 53.2 Å². The summed E-state index contributed by atoms with van der Waals surface area (Å²) < 4.78 is 11.2. The summed E-state index contributed by atoms with van der Waals surface area (Å²) in [5.41, 5.74) is 2.77. The average molecular weight is 387 g/mol. The fourth-order valence-corrected chi connectivity index (χ4v) is 3.96. The van der Waals surface area contributed by atoms with Crippen molar-refractivity contribution in [2.24, 2.45) is 0 Å². The van der Waals surface area contributed by atoms with Crippen LogP contribution in [0.5, 0.6) is 5.75 Å². The number of methoxy groups -OCH3 is 1. The summed E-state index contributed by atoms with van der Waals surface area (Å²) in [5, 5.41) is 3.98. The third-order valence-corrected chi connectivity index (χ3v) is 5.81. The average Bonchev–Trinajstić information content (AvgIpc) is 2.72. The standard InChI is InChI=1S/C21H26N2O3S/c1-15-4-5-18(25-2)17(12-15)21(7-10-26-11-8-21)14-23-20(24)16-6-9-22-19(13-16)27-3/h4-6,9,12-13H,7-8,10-11,14H2,1-3H3,(H,23,24). The number of benzene rings is 1. The lowest BCUT2D eigenvalue weighted by Crippen LogP contribution is -2.44. The largest absolute Gasteiger partial charge is 0.496 e. The maximum absolute atomic E-state index is 12.7. The molecule has 0 spiro atoms. The van der Waals surface area contributed by atoms with Crippen LogP contribution in [-0.4, -0.2) is 44.0 Å². The highest BCUT2D eigenvalue weighted by molar-refractivity contribution is 7.98. The molecule has 5 nitrogen and oxygen atoms in total. The number of rotatable bonds is 6. The Bertz CT molecular complexity index is 804. The fraction of sp³-hybridized carbons (Fsp3) is 0.429. The number of ether oxygens (including phenoxy) is 2. The summed E-state index contributed by atoms with van der Waals surface area (Å²) in [5.74, 6) is 0.788. The molecule has 0 radical (unpaired) electrons. The van der Waals surface area contributed by atoms with Crippen LogP contribution in [0.4, 0.5) is 0 Å². The van der Waals surface area contributed by atoms with Gasteiger partial charge >= 0.3 is 0 Å². The van der Waals surface area contributed by atoms with Gasteiger partial charge in [-0.25, -0.2) is 4.98 Å². The van der Waals surface area contributed by atoms with Crippen molar-refractivity contribution in [2.45, 2.75) is 30.2 Å². The van der Waals surface area contributed by atoms with Gasteiger partial charge in [0.1, 0.15) is 5.75 Å². The smallest absolute Gasteiger partial charge is 0.251 e. The van der Waals surface area contributed by atoms with E-state index in [2.05, 4.69) is 29.4 Å². The summed E-state index contributed by atoms with van der Waals surface area (Å²) >= 11 is 1.52. The highest BCUT2D eigenvalue weighted by Crippen LogP contribution is 2.40. The Morgan fingerprint density at radius 3 is 2.78 bits per heavy atom. The number of nitrogens with one attached hydrogen (secondary N) is 1. The second-order valence-corrected chi connectivity index (χ2v) is 7.69. The van der Waals surface area contributed by atoms with E-state index in [0.29, 0.717) is 25.3 Å². The number of aromatic nitrogens is 1. The summed E-state index contributed by atoms with van der Waals surface area (Å²) in [6.45, 7) is 3.99. The summed E-state index contributed by atoms with van der Waals surface area (Å²) in [6.07, 6.45) is 5.32. The van der Waals surface area contributed by atoms with E-state index in [9.17, 15) is 4.79 Å². The van der Waals surface area contributed by atoms with E-state index in [1.165, 1.54) is 17.3 Å². The first-order valence-corrected chi connectivity index (χ1v) is 10.3. The zero-order valence-corrected chi connectivity index (χ0v) is 16.9. The number of hydrogen-bond donors (Lipinski definition) is 1. The summed E-state index contributed by atoms with van der Waals surface area (Å²) in [6, 6.07) is 9.81. The van der Waals surface area contributed by atoms with Crippen molar-refractivity contribution in [1.82, 2.24) is 10.3 Å². The van der Waals surface area contributed by atoms with E-state index in [0.717, 1.165) is 29.2 Å². The van der Waals surface area contributed by atoms with Crippen molar-refractivity contribution in [1.29, 1.82) is 0 Å². The molecule has 1 N–H and O–H groups in total. The number of carbonyl (C=O) groups excluding carboxylic acids is 1. The van der Waals surface area contributed by atoms with Gasteiger partial charge in [0.2, 0.25) is 0 Å². The van der Waals surface area contributed by atoms with Crippen LogP contribution in [0.1, 0.15) is 34.3 Å². The van der Waals surface area contributed by atoms with Crippen LogP contribution in [0.25, 0.3) is 0 Å². The van der Waals surface area contributed by atoms with Gasteiger partial charge in [-0.1, -0.05) is 17.7 Å². The fourth-order valence-electron chi connectivity index (χ4n) is 3.55. The minimum Gasteiger partial charge on any atom is -0.496 e. The molecule has 2 heterocycles. The first-order chi connectivity index (χ1) is 13.1. The normalized spacial score (nSPS) is 16.0. The van der Waals surface area contributed by atoms with Gasteiger partial charge in [-0.05, 0) is 44.2 Å². The molecule has 3 rings (SSSR count). The van der Waals surface area contributed by atoms with E-state index >= 15 is 0 Å². The van der Waals surface area contributed by atoms with E-state index in [-0.39, 0.29) is 11.3 Å². The topological polar surface area (TPSA) is 60.5 Å². The molecule has 1 aliphatic rings. The van der Waals surface area contributed by atoms with Crippen LogP contribution in [0.3, 0.4) is 0 Å². The molecular formula is C21H26N2O3S. The monoisotopic (exact) mass is 386 g/mol. The number of amides is 1. The number of thioether (sulfide) groups is 1. The maximum Gasteiger partial charge on any atom is 0.251 e. The lowest BCUT2D eigenvalue weighted by molar-refractivity contribution is 0.0479. The lowest BCUT2D eigenvalue weighted by atomic mass is 9.73. The Labute approximate surface area is 164 Å². The molecule has 1 aromatic heterocycles. The molecule has 1 amide bonds. The first-order valence-electron chi connectivity index (χ1n) is 9.09. The van der Waals surface area contributed by atoms with Crippen LogP contribution in [0.2, 0.25) is 0 Å². The summed E-state index contributed by atoms with van der Waals surface area (Å²) in [4.78, 5) is 17.0. The summed E-state index contributed by atoms with van der Waals surface area (Å²) in [7, 11) is 1.70. The molecule has 6 heteroatoms. The minimum absolute atomic E-state index is 0.0785. The molecule has 0 unspecified atom stereocenters. The molecule has 1 aromatic carbocycles. The van der Waals surface area contributed by atoms with Crippen molar-refractivity contribution < 1.29 is 14.3 Å². The van der Waals surface area contributed by atoms with E-state index in [1.807, 2.05) is 18.4 Å². The molecule has 1 saturated heterocycles. The molecule has 27 heavy (non-hydrogen) atoms. The predicted molar refractivity (Wildman–Crippen MR) is 108 cm³/mol. The Morgan fingerprint density at radius 2 is 2.07 bits per heavy atom. The molecule has 0 atom stereocenters. The highest BCUT2D eigenvalue weighted by Gasteiger charge is 2.37. The van der Waals surface area contributed by atoms with Crippen LogP contribution in [0, 0.1) is 6.92 Å². The van der Waals surface area contributed by atoms with Crippen molar-refractivity contribution in [3.8, 4) is 5.75 Å². The quantitative estimate of drug-likeness (QED) is 0.769. The van der Waals surface area contributed by atoms with Gasteiger partial charge in [-0.2, -0.15) is 0 Å². The zero-order chi connectivity index (χ0) is 19.3. The zero-order valence-electron chi connectivity index (χ0n) is 16.1. The van der Waals surface area contributed by atoms with Crippen molar-refractivity contribution in [3.63, 3.8) is 0 Å². The molecule has 144 valence electrons. The number of aryl methyl sites for hydroxylation is 1. The van der Waals surface area contributed by atoms with Crippen LogP contribution < -0.4 is 10.1 Å². The Balaban J connectivity index is 1.85. The van der Waals surface area contributed by atoms with Crippen LogP contribution in [-0.2, 0) is 10.2 Å². The third kappa shape index (κ3) is 4.45. The van der Waals surface area contributed by atoms with Gasteiger partial charge < -0.3 is 14.8 Å². The molecular weight excluding hydrogens is 360 g/mol. The second kappa shape index (κ2) is 8.76.